The number of benzene rings is 5. The maximum Gasteiger partial charge on any atom is 0.295 e. The van der Waals surface area contributed by atoms with Crippen molar-refractivity contribution < 1.29 is 51.9 Å². The summed E-state index contributed by atoms with van der Waals surface area (Å²) in [4.78, 5) is 7.03. The van der Waals surface area contributed by atoms with Crippen molar-refractivity contribution in [2.45, 2.75) is 33.4 Å². The van der Waals surface area contributed by atoms with E-state index in [1.807, 2.05) is 6.92 Å². The number of nitrogens with zero attached hydrogens (tertiary/aromatic N) is 7. The van der Waals surface area contributed by atoms with E-state index in [0.717, 1.165) is 59.4 Å². The second kappa shape index (κ2) is 17.6. The van der Waals surface area contributed by atoms with Gasteiger partial charge in [0.05, 0.1) is 21.0 Å². The van der Waals surface area contributed by atoms with Crippen LogP contribution in [0.3, 0.4) is 0 Å². The highest BCUT2D eigenvalue weighted by atomic mass is 32.2. The van der Waals surface area contributed by atoms with Gasteiger partial charge in [-0.2, -0.15) is 38.9 Å². The molecule has 0 fully saturated rings. The molecule has 0 spiro atoms. The topological polar surface area (TPSA) is 341 Å². The Bertz CT molecular complexity index is 3620. The van der Waals surface area contributed by atoms with Gasteiger partial charge in [0, 0.05) is 33.3 Å². The number of pyridine rings is 1. The Balaban J connectivity index is 1.34. The molecule has 0 saturated carbocycles. The molecule has 0 bridgehead atoms. The number of rotatable bonds is 13. The molecule has 0 unspecified atom stereocenters. The fraction of sp³-hybridized carbons (Fsp3) is 0.0513. The molecule has 0 radical (unpaired) electrons. The lowest BCUT2D eigenvalue weighted by atomic mass is 10.1. The number of aryl methyl sites for hydroxylation is 1. The van der Waals surface area contributed by atoms with E-state index in [1.54, 1.807) is 24.3 Å². The predicted molar refractivity (Wildman–Crippen MR) is 237 cm³/mol. The summed E-state index contributed by atoms with van der Waals surface area (Å²) in [6, 6.07) is 24.5. The van der Waals surface area contributed by atoms with E-state index in [9.17, 15) is 57.1 Å². The van der Waals surface area contributed by atoms with Crippen LogP contribution in [0.1, 0.15) is 16.7 Å². The predicted octanol–water partition coefficient (Wildman–Crippen LogP) is 9.15. The molecule has 2 heterocycles. The summed E-state index contributed by atoms with van der Waals surface area (Å²) in [6.45, 7) is 3.39. The molecule has 5 aromatic carbocycles. The second-order valence-electron chi connectivity index (χ2n) is 13.7. The molecule has 0 amide bonds. The minimum atomic E-state index is -4.96. The third-order valence-electron chi connectivity index (χ3n) is 9.23. The zero-order valence-corrected chi connectivity index (χ0v) is 37.1. The number of hydrogen-bond donors (Lipinski definition) is 6. The van der Waals surface area contributed by atoms with Gasteiger partial charge in [-0.1, -0.05) is 53.3 Å². The maximum atomic E-state index is 12.4. The first-order chi connectivity index (χ1) is 30.5. The van der Waals surface area contributed by atoms with E-state index in [1.165, 1.54) is 43.3 Å². The molecule has 0 atom stereocenters. The third kappa shape index (κ3) is 10.4. The van der Waals surface area contributed by atoms with Crippen LogP contribution in [-0.4, -0.2) is 61.9 Å². The van der Waals surface area contributed by atoms with E-state index in [4.69, 9.17) is 0 Å². The fourth-order valence-corrected chi connectivity index (χ4v) is 9.25. The van der Waals surface area contributed by atoms with Gasteiger partial charge in [0.1, 0.15) is 27.2 Å². The van der Waals surface area contributed by atoms with Crippen molar-refractivity contribution >= 4 is 107 Å². The second-order valence-corrected chi connectivity index (χ2v) is 20.3. The normalized spacial score (nSPS) is 12.5. The molecular formula is C39H29N9O12S5. The lowest BCUT2D eigenvalue weighted by molar-refractivity contribution is 0.481. The van der Waals surface area contributed by atoms with E-state index < -0.39 is 55.2 Å². The molecule has 21 nitrogen and oxygen atoms in total. The summed E-state index contributed by atoms with van der Waals surface area (Å²) >= 11 is 0.860. The summed E-state index contributed by atoms with van der Waals surface area (Å²) in [5, 5.41) is 33.0. The molecule has 0 aliphatic rings. The molecule has 0 aliphatic carbocycles. The Morgan fingerprint density at radius 1 is 0.600 bits per heavy atom. The molecule has 2 aromatic heterocycles. The quantitative estimate of drug-likeness (QED) is 0.0463. The summed E-state index contributed by atoms with van der Waals surface area (Å²) in [5.74, 6) is -0.0684. The molecule has 7 aromatic rings. The monoisotopic (exact) mass is 975 g/mol. The van der Waals surface area contributed by atoms with Crippen molar-refractivity contribution in [2.75, 3.05) is 10.6 Å². The lowest BCUT2D eigenvalue weighted by Crippen LogP contribution is -2.05. The average molecular weight is 976 g/mol. The van der Waals surface area contributed by atoms with Crippen LogP contribution >= 0.6 is 11.3 Å². The molecular weight excluding hydrogens is 947 g/mol. The van der Waals surface area contributed by atoms with Gasteiger partial charge in [0.2, 0.25) is 5.13 Å². The van der Waals surface area contributed by atoms with E-state index in [2.05, 4.69) is 47.1 Å². The van der Waals surface area contributed by atoms with Crippen LogP contribution in [-0.2, 0) is 40.5 Å². The zero-order valence-electron chi connectivity index (χ0n) is 33.0. The van der Waals surface area contributed by atoms with E-state index >= 15 is 0 Å². The van der Waals surface area contributed by atoms with Crippen molar-refractivity contribution in [1.82, 2.24) is 9.97 Å². The van der Waals surface area contributed by atoms with E-state index in [-0.39, 0.29) is 77.0 Å². The molecule has 6 N–H and O–H groups in total. The Kier molecular flexibility index (Phi) is 12.4. The number of nitrogens with one attached hydrogen (secondary N) is 2. The van der Waals surface area contributed by atoms with Gasteiger partial charge >= 0.3 is 0 Å². The van der Waals surface area contributed by atoms with Crippen LogP contribution in [0.2, 0.25) is 0 Å². The summed E-state index contributed by atoms with van der Waals surface area (Å²) in [5.41, 5.74) is 2.13. The van der Waals surface area contributed by atoms with Crippen LogP contribution in [0, 0.1) is 25.2 Å². The molecule has 0 aliphatic heterocycles. The minimum absolute atomic E-state index is 0.00788. The van der Waals surface area contributed by atoms with Crippen molar-refractivity contribution in [2.24, 2.45) is 20.5 Å². The largest absolute Gasteiger partial charge is 0.339 e. The summed E-state index contributed by atoms with van der Waals surface area (Å²) in [6.07, 6.45) is 0. The highest BCUT2D eigenvalue weighted by molar-refractivity contribution is 7.86. The minimum Gasteiger partial charge on any atom is -0.339 e. The maximum absolute atomic E-state index is 12.4. The number of nitriles is 1. The average Bonchev–Trinajstić information content (AvgIpc) is 3.64. The van der Waals surface area contributed by atoms with Crippen LogP contribution in [0.4, 0.5) is 44.5 Å². The van der Waals surface area contributed by atoms with Gasteiger partial charge in [-0.05, 0) is 80.6 Å². The molecule has 0 saturated heterocycles. The number of hydrogen-bond acceptors (Lipinski definition) is 18. The van der Waals surface area contributed by atoms with E-state index in [0.29, 0.717) is 5.56 Å². The first-order valence-electron chi connectivity index (χ1n) is 18.1. The number of azo groups is 2. The molecule has 7 rings (SSSR count). The van der Waals surface area contributed by atoms with Gasteiger partial charge in [0.15, 0.2) is 16.6 Å². The number of fused-ring (bicyclic) bond motifs is 1. The zero-order chi connectivity index (χ0) is 47.1. The Morgan fingerprint density at radius 2 is 1.17 bits per heavy atom. The van der Waals surface area contributed by atoms with Gasteiger partial charge in [-0.3, -0.25) is 18.2 Å². The number of thiazole rings is 1. The van der Waals surface area contributed by atoms with Crippen LogP contribution in [0.25, 0.3) is 22.0 Å². The van der Waals surface area contributed by atoms with Crippen molar-refractivity contribution in [3.05, 3.63) is 120 Å². The van der Waals surface area contributed by atoms with Crippen LogP contribution in [0.5, 0.6) is 0 Å². The van der Waals surface area contributed by atoms with Crippen molar-refractivity contribution in [3.63, 3.8) is 0 Å². The standard InChI is InChI=1S/C39H29N9O12S5/c1-21-6-8-23(9-7-21)35-38(47-45-26-18-30-29(33(19-26)65(58,59)60)4-3-5-32(30)64(55,56)57)61-39(43-35)48-46-34-22(2)31(20-40)36(41-24-10-14-27(15-11-24)62(49,50)51)44-37(34)42-25-12-16-28(17-13-25)63(52,53)54/h3-19H,1-2H3,(H2,41,42,44)(H,49,50,51)(H,52,53,54)(H,55,56,57)(H,58,59,60). The summed E-state index contributed by atoms with van der Waals surface area (Å²) < 4.78 is 135. The van der Waals surface area contributed by atoms with Gasteiger partial charge in [-0.15, -0.1) is 20.5 Å². The third-order valence-corrected chi connectivity index (χ3v) is 13.6. The lowest BCUT2D eigenvalue weighted by Gasteiger charge is -2.16. The van der Waals surface area contributed by atoms with Crippen LogP contribution in [0.15, 0.2) is 143 Å². The van der Waals surface area contributed by atoms with Crippen molar-refractivity contribution in [1.29, 1.82) is 5.26 Å². The first kappa shape index (κ1) is 46.1. The van der Waals surface area contributed by atoms with Gasteiger partial charge < -0.3 is 10.6 Å². The van der Waals surface area contributed by atoms with Crippen LogP contribution < -0.4 is 10.6 Å². The van der Waals surface area contributed by atoms with Crippen molar-refractivity contribution in [3.8, 4) is 17.3 Å². The fourth-order valence-electron chi connectivity index (χ4n) is 6.14. The summed E-state index contributed by atoms with van der Waals surface area (Å²) in [7, 11) is -18.9. The Morgan fingerprint density at radius 3 is 1.71 bits per heavy atom. The molecule has 332 valence electrons. The molecule has 65 heavy (non-hydrogen) atoms. The molecule has 26 heteroatoms. The first-order valence-corrected chi connectivity index (χ1v) is 24.6. The van der Waals surface area contributed by atoms with Gasteiger partial charge in [-0.25, -0.2) is 9.97 Å². The number of anilines is 4. The number of aromatic nitrogens is 2. The smallest absolute Gasteiger partial charge is 0.295 e. The highest BCUT2D eigenvalue weighted by Gasteiger charge is 2.23. The van der Waals surface area contributed by atoms with Gasteiger partial charge in [0.25, 0.3) is 40.5 Å². The Labute approximate surface area is 373 Å². The Hall–Kier alpha value is -6.93. The SMILES string of the molecule is Cc1ccc(-c2nc(N=Nc3c(Nc4ccc(S(=O)(=O)O)cc4)nc(Nc4ccc(S(=O)(=O)O)cc4)c(C#N)c3C)sc2N=Nc2cc(S(=O)(=O)O)c3cccc(S(=O)(=O)O)c3c2)cc1. The highest BCUT2D eigenvalue weighted by Crippen LogP contribution is 2.43.